The van der Waals surface area contributed by atoms with Gasteiger partial charge >= 0.3 is 6.09 Å². The summed E-state index contributed by atoms with van der Waals surface area (Å²) in [5.74, 6) is 0. The fourth-order valence-electron chi connectivity index (χ4n) is 0.564. The molecule has 1 aliphatic heterocycles. The molecule has 54 valence electrons. The fraction of sp³-hybridized carbons (Fsp3) is 0.200. The van der Waals surface area contributed by atoms with Crippen molar-refractivity contribution in [3.05, 3.63) is 10.8 Å². The highest BCUT2D eigenvalue weighted by atomic mass is 79.9. The number of carbonyl (C=O) groups is 1. The fourth-order valence-corrected chi connectivity index (χ4v) is 0.956. The van der Waals surface area contributed by atoms with Gasteiger partial charge in [-0.3, -0.25) is 9.89 Å². The molecule has 0 bridgehead atoms. The molecular weight excluding hydrogens is 200 g/mol. The molecule has 5 heteroatoms. The van der Waals surface area contributed by atoms with Gasteiger partial charge in [0.15, 0.2) is 0 Å². The molecular formula is C5H5BrN2O2. The molecule has 1 amide bonds. The standard InChI is InChI=1S/C5H5BrN2O2/c6-4-3-8(5(9)10)2-1-7-4/h1,3H,2H2,(H,9,10). The van der Waals surface area contributed by atoms with Crippen molar-refractivity contribution in [2.45, 2.75) is 0 Å². The van der Waals surface area contributed by atoms with Gasteiger partial charge < -0.3 is 5.11 Å². The second-order valence-corrected chi connectivity index (χ2v) is 2.51. The molecule has 1 heterocycles. The van der Waals surface area contributed by atoms with E-state index >= 15 is 0 Å². The summed E-state index contributed by atoms with van der Waals surface area (Å²) in [7, 11) is 0. The van der Waals surface area contributed by atoms with Crippen LogP contribution in [0.3, 0.4) is 0 Å². The van der Waals surface area contributed by atoms with Crippen LogP contribution in [0.25, 0.3) is 0 Å². The SMILES string of the molecule is O=C(O)N1C=C(Br)N=CC1. The first-order valence-electron chi connectivity index (χ1n) is 2.59. The normalized spacial score (nSPS) is 16.9. The number of hydrogen-bond donors (Lipinski definition) is 1. The van der Waals surface area contributed by atoms with E-state index in [1.54, 1.807) is 0 Å². The number of nitrogens with zero attached hydrogens (tertiary/aromatic N) is 2. The molecule has 0 spiro atoms. The van der Waals surface area contributed by atoms with Crippen LogP contribution in [-0.2, 0) is 0 Å². The topological polar surface area (TPSA) is 52.9 Å². The van der Waals surface area contributed by atoms with Gasteiger partial charge in [-0.25, -0.2) is 4.79 Å². The lowest BCUT2D eigenvalue weighted by Crippen LogP contribution is -2.27. The first-order valence-corrected chi connectivity index (χ1v) is 3.39. The predicted molar refractivity (Wildman–Crippen MR) is 40.2 cm³/mol. The van der Waals surface area contributed by atoms with Crippen molar-refractivity contribution in [2.75, 3.05) is 6.54 Å². The lowest BCUT2D eigenvalue weighted by atomic mass is 10.5. The maximum atomic E-state index is 10.3. The summed E-state index contributed by atoms with van der Waals surface area (Å²) >= 11 is 3.06. The van der Waals surface area contributed by atoms with E-state index in [0.717, 1.165) is 4.90 Å². The lowest BCUT2D eigenvalue weighted by molar-refractivity contribution is 0.167. The van der Waals surface area contributed by atoms with E-state index in [9.17, 15) is 4.79 Å². The molecule has 0 saturated heterocycles. The Morgan fingerprint density at radius 1 is 1.90 bits per heavy atom. The highest BCUT2D eigenvalue weighted by Crippen LogP contribution is 2.10. The molecule has 0 aromatic rings. The number of hydrogen-bond acceptors (Lipinski definition) is 2. The predicted octanol–water partition coefficient (Wildman–Crippen LogP) is 1.24. The van der Waals surface area contributed by atoms with Gasteiger partial charge in [0.05, 0.1) is 6.54 Å². The third-order valence-electron chi connectivity index (χ3n) is 1.00. The number of amides is 1. The van der Waals surface area contributed by atoms with Crippen molar-refractivity contribution in [3.8, 4) is 0 Å². The van der Waals surface area contributed by atoms with Crippen molar-refractivity contribution in [1.82, 2.24) is 4.90 Å². The zero-order valence-corrected chi connectivity index (χ0v) is 6.58. The zero-order chi connectivity index (χ0) is 7.56. The number of rotatable bonds is 0. The Labute approximate surface area is 66.0 Å². The van der Waals surface area contributed by atoms with Gasteiger partial charge in [-0.1, -0.05) is 0 Å². The van der Waals surface area contributed by atoms with Crippen molar-refractivity contribution in [1.29, 1.82) is 0 Å². The second kappa shape index (κ2) is 2.83. The second-order valence-electron chi connectivity index (χ2n) is 1.70. The maximum Gasteiger partial charge on any atom is 0.411 e. The quantitative estimate of drug-likeness (QED) is 0.605. The molecule has 0 aliphatic carbocycles. The number of halogens is 1. The van der Waals surface area contributed by atoms with E-state index in [1.165, 1.54) is 12.4 Å². The molecule has 4 nitrogen and oxygen atoms in total. The summed E-state index contributed by atoms with van der Waals surface area (Å²) in [4.78, 5) is 15.2. The summed E-state index contributed by atoms with van der Waals surface area (Å²) in [6.07, 6.45) is 1.98. The van der Waals surface area contributed by atoms with Gasteiger partial charge in [0.25, 0.3) is 0 Å². The van der Waals surface area contributed by atoms with E-state index in [0.29, 0.717) is 11.2 Å². The van der Waals surface area contributed by atoms with Gasteiger partial charge in [-0.05, 0) is 15.9 Å². The monoisotopic (exact) mass is 204 g/mol. The Kier molecular flexibility index (Phi) is 2.06. The maximum absolute atomic E-state index is 10.3. The Bertz CT molecular complexity index is 212. The highest BCUT2D eigenvalue weighted by molar-refractivity contribution is 9.11. The summed E-state index contributed by atoms with van der Waals surface area (Å²) in [6, 6.07) is 0. The van der Waals surface area contributed by atoms with Gasteiger partial charge in [0.2, 0.25) is 0 Å². The Morgan fingerprint density at radius 3 is 3.00 bits per heavy atom. The van der Waals surface area contributed by atoms with Crippen LogP contribution >= 0.6 is 15.9 Å². The zero-order valence-electron chi connectivity index (χ0n) is 4.99. The molecule has 0 radical (unpaired) electrons. The van der Waals surface area contributed by atoms with E-state index in [4.69, 9.17) is 5.11 Å². The Morgan fingerprint density at radius 2 is 2.60 bits per heavy atom. The molecule has 1 aliphatic rings. The van der Waals surface area contributed by atoms with Crippen LogP contribution in [0.2, 0.25) is 0 Å². The minimum atomic E-state index is -0.969. The van der Waals surface area contributed by atoms with E-state index < -0.39 is 6.09 Å². The van der Waals surface area contributed by atoms with Crippen LogP contribution < -0.4 is 0 Å². The van der Waals surface area contributed by atoms with Crippen LogP contribution in [0.5, 0.6) is 0 Å². The number of carboxylic acid groups (broad SMARTS) is 1. The largest absolute Gasteiger partial charge is 0.465 e. The Balaban J connectivity index is 2.69. The molecule has 0 unspecified atom stereocenters. The number of aliphatic imine (C=N–C) groups is 1. The smallest absolute Gasteiger partial charge is 0.411 e. The summed E-state index contributed by atoms with van der Waals surface area (Å²) in [5.41, 5.74) is 0. The van der Waals surface area contributed by atoms with Gasteiger partial charge in [-0.2, -0.15) is 0 Å². The van der Waals surface area contributed by atoms with E-state index in [2.05, 4.69) is 20.9 Å². The average molecular weight is 205 g/mol. The molecule has 0 atom stereocenters. The van der Waals surface area contributed by atoms with Gasteiger partial charge in [0.1, 0.15) is 4.61 Å². The molecule has 1 N–H and O–H groups in total. The lowest BCUT2D eigenvalue weighted by Gasteiger charge is -2.14. The minimum Gasteiger partial charge on any atom is -0.465 e. The van der Waals surface area contributed by atoms with Crippen LogP contribution in [0, 0.1) is 0 Å². The van der Waals surface area contributed by atoms with E-state index in [1.807, 2.05) is 0 Å². The molecule has 0 aromatic carbocycles. The minimum absolute atomic E-state index is 0.324. The molecule has 0 fully saturated rings. The first-order chi connectivity index (χ1) is 4.70. The van der Waals surface area contributed by atoms with Crippen molar-refractivity contribution >= 4 is 28.2 Å². The first kappa shape index (κ1) is 7.27. The summed E-state index contributed by atoms with van der Waals surface area (Å²) in [5, 5.41) is 8.45. The highest BCUT2D eigenvalue weighted by Gasteiger charge is 2.10. The Hall–Kier alpha value is -0.840. The molecule has 0 saturated carbocycles. The third kappa shape index (κ3) is 1.57. The van der Waals surface area contributed by atoms with Crippen LogP contribution in [0.15, 0.2) is 15.8 Å². The summed E-state index contributed by atoms with van der Waals surface area (Å²) < 4.78 is 0.529. The molecule has 10 heavy (non-hydrogen) atoms. The molecule has 0 aromatic heterocycles. The van der Waals surface area contributed by atoms with Gasteiger partial charge in [0, 0.05) is 12.4 Å². The van der Waals surface area contributed by atoms with Crippen LogP contribution in [0.4, 0.5) is 4.79 Å². The van der Waals surface area contributed by atoms with Crippen LogP contribution in [0.1, 0.15) is 0 Å². The van der Waals surface area contributed by atoms with Crippen molar-refractivity contribution < 1.29 is 9.90 Å². The third-order valence-corrected chi connectivity index (χ3v) is 1.41. The van der Waals surface area contributed by atoms with Crippen molar-refractivity contribution in [2.24, 2.45) is 4.99 Å². The summed E-state index contributed by atoms with van der Waals surface area (Å²) in [6.45, 7) is 0.324. The van der Waals surface area contributed by atoms with Crippen LogP contribution in [-0.4, -0.2) is 28.9 Å². The average Bonchev–Trinajstić information content (AvgIpc) is 1.88. The van der Waals surface area contributed by atoms with E-state index in [-0.39, 0.29) is 0 Å². The van der Waals surface area contributed by atoms with Gasteiger partial charge in [-0.15, -0.1) is 0 Å². The molecule has 1 rings (SSSR count). The van der Waals surface area contributed by atoms with Crippen molar-refractivity contribution in [3.63, 3.8) is 0 Å².